The van der Waals surface area contributed by atoms with Crippen LogP contribution in [0.15, 0.2) is 186 Å². The molecule has 1 aliphatic carbocycles. The van der Waals surface area contributed by atoms with Gasteiger partial charge in [-0.3, -0.25) is 0 Å². The minimum atomic E-state index is 0.789. The van der Waals surface area contributed by atoms with Crippen molar-refractivity contribution >= 4 is 91.7 Å². The predicted molar refractivity (Wildman–Crippen MR) is 228 cm³/mol. The fourth-order valence-corrected chi connectivity index (χ4v) is 9.62. The van der Waals surface area contributed by atoms with Crippen LogP contribution in [-0.2, 0) is 0 Å². The molecule has 0 spiro atoms. The molecule has 248 valence electrons. The molecule has 0 saturated heterocycles. The quantitative estimate of drug-likeness (QED) is 0.179. The van der Waals surface area contributed by atoms with Crippen molar-refractivity contribution in [3.8, 4) is 11.1 Å². The highest BCUT2D eigenvalue weighted by Gasteiger charge is 2.19. The van der Waals surface area contributed by atoms with E-state index < -0.39 is 0 Å². The van der Waals surface area contributed by atoms with E-state index in [1.807, 2.05) is 11.3 Å². The average molecular weight is 693 g/mol. The standard InChI is InChI=1S/C51H32OS/c1-2-10-32(11-3-1)40-29-38(41-16-8-14-34-24-26-44-43-15-6-7-19-48(43)53-51(44)49(34)41)22-23-39(30-40)42-17-9-18-47-50(42)45-31-37(25-27-46(45)52-47)36-21-20-33-12-4-5-13-35(33)28-36/h1-22,24-31H,23H2. The summed E-state index contributed by atoms with van der Waals surface area (Å²) in [5.74, 6) is 0. The van der Waals surface area contributed by atoms with E-state index in [2.05, 4.69) is 182 Å². The molecule has 0 N–H and O–H groups in total. The molecule has 0 aliphatic heterocycles. The Morgan fingerprint density at radius 3 is 2.13 bits per heavy atom. The van der Waals surface area contributed by atoms with Gasteiger partial charge < -0.3 is 4.42 Å². The highest BCUT2D eigenvalue weighted by atomic mass is 32.1. The second-order valence-electron chi connectivity index (χ2n) is 14.0. The van der Waals surface area contributed by atoms with Crippen LogP contribution < -0.4 is 0 Å². The summed E-state index contributed by atoms with van der Waals surface area (Å²) >= 11 is 1.90. The van der Waals surface area contributed by atoms with E-state index in [9.17, 15) is 0 Å². The summed E-state index contributed by atoms with van der Waals surface area (Å²) in [6.07, 6.45) is 8.02. The maximum Gasteiger partial charge on any atom is 0.136 e. The summed E-state index contributed by atoms with van der Waals surface area (Å²) in [4.78, 5) is 0. The van der Waals surface area contributed by atoms with Crippen molar-refractivity contribution in [2.45, 2.75) is 6.42 Å². The first-order chi connectivity index (χ1) is 26.2. The van der Waals surface area contributed by atoms with Crippen LogP contribution in [0.3, 0.4) is 0 Å². The van der Waals surface area contributed by atoms with Crippen molar-refractivity contribution in [3.63, 3.8) is 0 Å². The summed E-state index contributed by atoms with van der Waals surface area (Å²) in [5, 5.41) is 10.0. The van der Waals surface area contributed by atoms with Gasteiger partial charge in [0, 0.05) is 36.3 Å². The van der Waals surface area contributed by atoms with E-state index in [-0.39, 0.29) is 0 Å². The number of thiophene rings is 1. The minimum Gasteiger partial charge on any atom is -0.456 e. The SMILES string of the molecule is C1=C(c2ccccc2)C=C(c2cccc3oc4ccc(-c5ccc6ccccc6c5)cc4c23)CC=C1c1cccc2ccc3c4ccccc4sc3c12. The zero-order valence-electron chi connectivity index (χ0n) is 28.8. The molecule has 0 radical (unpaired) electrons. The molecular weight excluding hydrogens is 661 g/mol. The lowest BCUT2D eigenvalue weighted by molar-refractivity contribution is 0.669. The molecule has 1 aliphatic rings. The van der Waals surface area contributed by atoms with Gasteiger partial charge in [-0.2, -0.15) is 0 Å². The van der Waals surface area contributed by atoms with E-state index in [0.29, 0.717) is 0 Å². The molecular formula is C51H32OS. The van der Waals surface area contributed by atoms with Crippen LogP contribution in [0.2, 0.25) is 0 Å². The molecule has 2 aromatic heterocycles. The zero-order valence-corrected chi connectivity index (χ0v) is 29.7. The highest BCUT2D eigenvalue weighted by molar-refractivity contribution is 7.26. The van der Waals surface area contributed by atoms with Crippen molar-refractivity contribution < 1.29 is 4.42 Å². The van der Waals surface area contributed by atoms with Crippen LogP contribution in [0.4, 0.5) is 0 Å². The van der Waals surface area contributed by atoms with Gasteiger partial charge in [0.1, 0.15) is 11.2 Å². The van der Waals surface area contributed by atoms with Crippen molar-refractivity contribution in [3.05, 3.63) is 199 Å². The molecule has 11 rings (SSSR count). The Morgan fingerprint density at radius 1 is 0.434 bits per heavy atom. The van der Waals surface area contributed by atoms with Crippen molar-refractivity contribution in [2.24, 2.45) is 0 Å². The second-order valence-corrected chi connectivity index (χ2v) is 15.0. The lowest BCUT2D eigenvalue weighted by atomic mass is 9.93. The first-order valence-corrected chi connectivity index (χ1v) is 19.0. The van der Waals surface area contributed by atoms with Crippen LogP contribution >= 0.6 is 11.3 Å². The summed E-state index contributed by atoms with van der Waals surface area (Å²) in [6, 6.07) is 59.4. The van der Waals surface area contributed by atoms with Gasteiger partial charge in [-0.25, -0.2) is 0 Å². The van der Waals surface area contributed by atoms with E-state index in [1.165, 1.54) is 86.3 Å². The molecule has 2 heterocycles. The number of hydrogen-bond donors (Lipinski definition) is 0. The van der Waals surface area contributed by atoms with Crippen LogP contribution in [0.5, 0.6) is 0 Å². The van der Waals surface area contributed by atoms with E-state index in [1.54, 1.807) is 0 Å². The van der Waals surface area contributed by atoms with Crippen molar-refractivity contribution in [2.75, 3.05) is 0 Å². The number of benzene rings is 8. The van der Waals surface area contributed by atoms with Gasteiger partial charge in [-0.05, 0) is 104 Å². The summed E-state index contributed by atoms with van der Waals surface area (Å²) in [5.41, 5.74) is 11.6. The summed E-state index contributed by atoms with van der Waals surface area (Å²) in [7, 11) is 0. The molecule has 0 atom stereocenters. The fraction of sp³-hybridized carbons (Fsp3) is 0.0196. The molecule has 2 heteroatoms. The van der Waals surface area contributed by atoms with Crippen LogP contribution in [0.1, 0.15) is 23.1 Å². The topological polar surface area (TPSA) is 13.1 Å². The molecule has 8 aromatic carbocycles. The van der Waals surface area contributed by atoms with Gasteiger partial charge in [0.25, 0.3) is 0 Å². The monoisotopic (exact) mass is 692 g/mol. The lowest BCUT2D eigenvalue weighted by Gasteiger charge is -2.10. The Labute approximate surface area is 311 Å². The molecule has 0 bridgehead atoms. The molecule has 0 amide bonds. The van der Waals surface area contributed by atoms with Gasteiger partial charge >= 0.3 is 0 Å². The van der Waals surface area contributed by atoms with Gasteiger partial charge in [-0.15, -0.1) is 11.3 Å². The average Bonchev–Trinajstić information content (AvgIpc) is 3.71. The first kappa shape index (κ1) is 30.2. The molecule has 0 fully saturated rings. The third-order valence-corrected chi connectivity index (χ3v) is 12.1. The van der Waals surface area contributed by atoms with E-state index in [0.717, 1.165) is 28.4 Å². The van der Waals surface area contributed by atoms with Gasteiger partial charge in [0.2, 0.25) is 0 Å². The number of fused-ring (bicyclic) bond motifs is 9. The Balaban J connectivity index is 1.10. The summed E-state index contributed by atoms with van der Waals surface area (Å²) in [6.45, 7) is 0. The van der Waals surface area contributed by atoms with Gasteiger partial charge in [0.15, 0.2) is 0 Å². The molecule has 0 saturated carbocycles. The molecule has 0 unspecified atom stereocenters. The predicted octanol–water partition coefficient (Wildman–Crippen LogP) is 14.9. The lowest BCUT2D eigenvalue weighted by Crippen LogP contribution is -1.87. The van der Waals surface area contributed by atoms with E-state index in [4.69, 9.17) is 4.42 Å². The van der Waals surface area contributed by atoms with E-state index >= 15 is 0 Å². The maximum atomic E-state index is 6.54. The second kappa shape index (κ2) is 12.1. The van der Waals surface area contributed by atoms with Crippen LogP contribution in [0, 0.1) is 0 Å². The maximum absolute atomic E-state index is 6.54. The Hall–Kier alpha value is -6.48. The molecule has 10 aromatic rings. The highest BCUT2D eigenvalue weighted by Crippen LogP contribution is 2.44. The van der Waals surface area contributed by atoms with Crippen molar-refractivity contribution in [1.82, 2.24) is 0 Å². The fourth-order valence-electron chi connectivity index (χ4n) is 8.34. The number of allylic oxidation sites excluding steroid dienone is 6. The third kappa shape index (κ3) is 4.98. The third-order valence-electron chi connectivity index (χ3n) is 10.9. The zero-order chi connectivity index (χ0) is 34.9. The smallest absolute Gasteiger partial charge is 0.136 e. The Kier molecular flexibility index (Phi) is 6.86. The van der Waals surface area contributed by atoms with Gasteiger partial charge in [-0.1, -0.05) is 146 Å². The van der Waals surface area contributed by atoms with Crippen LogP contribution in [-0.4, -0.2) is 0 Å². The molecule has 1 nitrogen and oxygen atoms in total. The van der Waals surface area contributed by atoms with Crippen LogP contribution in [0.25, 0.3) is 91.5 Å². The van der Waals surface area contributed by atoms with Crippen molar-refractivity contribution in [1.29, 1.82) is 0 Å². The Morgan fingerprint density at radius 2 is 1.19 bits per heavy atom. The number of furan rings is 1. The first-order valence-electron chi connectivity index (χ1n) is 18.2. The number of hydrogen-bond acceptors (Lipinski definition) is 2. The summed E-state index contributed by atoms with van der Waals surface area (Å²) < 4.78 is 9.21. The molecule has 53 heavy (non-hydrogen) atoms. The van der Waals surface area contributed by atoms with Gasteiger partial charge in [0.05, 0.1) is 0 Å². The normalized spacial score (nSPS) is 13.5. The Bertz CT molecular complexity index is 3190. The number of rotatable bonds is 4. The largest absolute Gasteiger partial charge is 0.456 e. The minimum absolute atomic E-state index is 0.789.